The zero-order valence-corrected chi connectivity index (χ0v) is 20.9. The molecule has 0 atom stereocenters. The molecular weight excluding hydrogens is 461 g/mol. The molecule has 0 spiro atoms. The van der Waals surface area contributed by atoms with Crippen molar-refractivity contribution >= 4 is 34.5 Å². The van der Waals surface area contributed by atoms with Crippen molar-refractivity contribution in [2.24, 2.45) is 4.99 Å². The summed E-state index contributed by atoms with van der Waals surface area (Å²) >= 11 is 6.30. The Morgan fingerprint density at radius 2 is 1.80 bits per heavy atom. The molecule has 0 saturated carbocycles. The first-order valence-electron chi connectivity index (χ1n) is 11.1. The third-order valence-electron chi connectivity index (χ3n) is 5.34. The van der Waals surface area contributed by atoms with Gasteiger partial charge < -0.3 is 5.32 Å². The third kappa shape index (κ3) is 6.84. The number of aryl methyl sites for hydroxylation is 1. The molecular formula is C29H27ClFN3O. The number of aliphatic imine (C=N–C) groups is 1. The molecule has 1 N–H and O–H groups in total. The Kier molecular flexibility index (Phi) is 8.87. The number of nitrogens with one attached hydrogen (secondary N) is 1. The summed E-state index contributed by atoms with van der Waals surface area (Å²) in [7, 11) is 0. The van der Waals surface area contributed by atoms with Crippen LogP contribution in [0.1, 0.15) is 48.0 Å². The predicted octanol–water partition coefficient (Wildman–Crippen LogP) is 7.81. The van der Waals surface area contributed by atoms with E-state index in [9.17, 15) is 9.18 Å². The number of benzene rings is 2. The highest BCUT2D eigenvalue weighted by Gasteiger charge is 2.14. The van der Waals surface area contributed by atoms with Gasteiger partial charge in [0.2, 0.25) is 0 Å². The second-order valence-electron chi connectivity index (χ2n) is 7.93. The smallest absolute Gasteiger partial charge is 0.257 e. The summed E-state index contributed by atoms with van der Waals surface area (Å²) in [6, 6.07) is 15.0. The molecule has 35 heavy (non-hydrogen) atoms. The van der Waals surface area contributed by atoms with Crippen LogP contribution in [0.15, 0.2) is 95.8 Å². The van der Waals surface area contributed by atoms with E-state index in [4.69, 9.17) is 11.6 Å². The molecule has 0 aliphatic carbocycles. The summed E-state index contributed by atoms with van der Waals surface area (Å²) in [6.45, 7) is 7.57. The number of rotatable bonds is 7. The lowest BCUT2D eigenvalue weighted by Gasteiger charge is -2.12. The lowest BCUT2D eigenvalue weighted by molar-refractivity contribution is 0.102. The molecule has 2 aromatic carbocycles. The van der Waals surface area contributed by atoms with Crippen molar-refractivity contribution in [3.8, 4) is 0 Å². The second kappa shape index (κ2) is 12.0. The zero-order valence-electron chi connectivity index (χ0n) is 20.1. The summed E-state index contributed by atoms with van der Waals surface area (Å²) in [6.07, 6.45) is 9.33. The number of anilines is 1. The highest BCUT2D eigenvalue weighted by molar-refractivity contribution is 6.34. The van der Waals surface area contributed by atoms with Crippen LogP contribution >= 0.6 is 11.6 Å². The summed E-state index contributed by atoms with van der Waals surface area (Å²) in [5.41, 5.74) is 5.74. The van der Waals surface area contributed by atoms with Crippen LogP contribution in [0.5, 0.6) is 0 Å². The van der Waals surface area contributed by atoms with Gasteiger partial charge in [0, 0.05) is 39.9 Å². The van der Waals surface area contributed by atoms with Crippen LogP contribution in [-0.4, -0.2) is 16.6 Å². The van der Waals surface area contributed by atoms with Gasteiger partial charge in [-0.05, 0) is 75.2 Å². The molecule has 1 heterocycles. The molecule has 0 saturated heterocycles. The zero-order chi connectivity index (χ0) is 25.4. The molecule has 0 unspecified atom stereocenters. The number of amides is 1. The van der Waals surface area contributed by atoms with Crippen molar-refractivity contribution in [1.29, 1.82) is 0 Å². The molecule has 1 amide bonds. The number of nitrogens with zero attached hydrogens (tertiary/aromatic N) is 2. The van der Waals surface area contributed by atoms with Gasteiger partial charge in [-0.1, -0.05) is 48.0 Å². The molecule has 0 fully saturated rings. The van der Waals surface area contributed by atoms with Gasteiger partial charge in [-0.2, -0.15) is 0 Å². The normalized spacial score (nSPS) is 12.8. The fourth-order valence-corrected chi connectivity index (χ4v) is 3.65. The van der Waals surface area contributed by atoms with Gasteiger partial charge >= 0.3 is 0 Å². The van der Waals surface area contributed by atoms with E-state index in [0.29, 0.717) is 22.0 Å². The lowest BCUT2D eigenvalue weighted by atomic mass is 9.98. The van der Waals surface area contributed by atoms with Gasteiger partial charge in [0.05, 0.1) is 11.3 Å². The Hall–Kier alpha value is -3.83. The number of aromatic nitrogens is 1. The van der Waals surface area contributed by atoms with Gasteiger partial charge in [0.25, 0.3) is 5.91 Å². The maximum Gasteiger partial charge on any atom is 0.257 e. The van der Waals surface area contributed by atoms with Crippen molar-refractivity contribution in [3.05, 3.63) is 124 Å². The Morgan fingerprint density at radius 3 is 2.49 bits per heavy atom. The van der Waals surface area contributed by atoms with Gasteiger partial charge in [-0.15, -0.1) is 0 Å². The van der Waals surface area contributed by atoms with Crippen molar-refractivity contribution < 1.29 is 9.18 Å². The molecule has 0 radical (unpaired) electrons. The number of hydrogen-bond acceptors (Lipinski definition) is 3. The van der Waals surface area contributed by atoms with E-state index in [2.05, 4.69) is 15.3 Å². The predicted molar refractivity (Wildman–Crippen MR) is 144 cm³/mol. The van der Waals surface area contributed by atoms with Crippen LogP contribution < -0.4 is 5.32 Å². The van der Waals surface area contributed by atoms with Crippen LogP contribution in [-0.2, 0) is 0 Å². The molecule has 0 aliphatic heterocycles. The Balaban J connectivity index is 1.95. The van der Waals surface area contributed by atoms with Crippen LogP contribution in [0.2, 0.25) is 5.02 Å². The molecule has 0 aliphatic rings. The maximum absolute atomic E-state index is 13.2. The first-order valence-corrected chi connectivity index (χ1v) is 11.5. The minimum absolute atomic E-state index is 0.317. The number of pyridine rings is 1. The topological polar surface area (TPSA) is 54.4 Å². The summed E-state index contributed by atoms with van der Waals surface area (Å²) in [5.74, 6) is -0.681. The van der Waals surface area contributed by atoms with Crippen molar-refractivity contribution in [2.75, 3.05) is 5.32 Å². The van der Waals surface area contributed by atoms with E-state index in [1.165, 1.54) is 24.3 Å². The fraction of sp³-hybridized carbons (Fsp3) is 0.138. The van der Waals surface area contributed by atoms with E-state index >= 15 is 0 Å². The largest absolute Gasteiger partial charge is 0.322 e. The molecule has 1 aromatic heterocycles. The average molecular weight is 488 g/mol. The van der Waals surface area contributed by atoms with E-state index in [0.717, 1.165) is 28.0 Å². The molecule has 4 nitrogen and oxygen atoms in total. The third-order valence-corrected chi connectivity index (χ3v) is 5.67. The number of halogens is 2. The lowest BCUT2D eigenvalue weighted by Crippen LogP contribution is -2.14. The Labute approximate surface area is 210 Å². The molecule has 6 heteroatoms. The van der Waals surface area contributed by atoms with Crippen molar-refractivity contribution in [3.63, 3.8) is 0 Å². The molecule has 0 bridgehead atoms. The first-order chi connectivity index (χ1) is 16.8. The van der Waals surface area contributed by atoms with E-state index in [1.807, 2.05) is 63.3 Å². The van der Waals surface area contributed by atoms with E-state index in [1.54, 1.807) is 25.4 Å². The molecule has 178 valence electrons. The van der Waals surface area contributed by atoms with Gasteiger partial charge in [0.15, 0.2) is 0 Å². The number of hydrogen-bond donors (Lipinski definition) is 1. The summed E-state index contributed by atoms with van der Waals surface area (Å²) < 4.78 is 13.2. The average Bonchev–Trinajstić information content (AvgIpc) is 2.85. The SMILES string of the molecule is C\C=C/C=C(\C(C)=C\N=C(C)c1ccccc1Cl)c1cnc(C)c(C(=O)Nc2ccc(F)cc2)c1. The Bertz CT molecular complexity index is 1340. The van der Waals surface area contributed by atoms with Crippen molar-refractivity contribution in [1.82, 2.24) is 4.98 Å². The van der Waals surface area contributed by atoms with Crippen LogP contribution in [0, 0.1) is 12.7 Å². The van der Waals surface area contributed by atoms with Gasteiger partial charge in [-0.25, -0.2) is 4.39 Å². The van der Waals surface area contributed by atoms with Crippen LogP contribution in [0.25, 0.3) is 5.57 Å². The maximum atomic E-state index is 13.2. The van der Waals surface area contributed by atoms with Crippen LogP contribution in [0.4, 0.5) is 10.1 Å². The van der Waals surface area contributed by atoms with E-state index in [-0.39, 0.29) is 11.7 Å². The van der Waals surface area contributed by atoms with Gasteiger partial charge in [-0.3, -0.25) is 14.8 Å². The van der Waals surface area contributed by atoms with Crippen molar-refractivity contribution in [2.45, 2.75) is 27.7 Å². The van der Waals surface area contributed by atoms with Crippen LogP contribution in [0.3, 0.4) is 0 Å². The molecule has 3 aromatic rings. The highest BCUT2D eigenvalue weighted by Crippen LogP contribution is 2.25. The molecule has 3 rings (SSSR count). The standard InChI is InChI=1S/C29H27ClFN3O/c1-5-6-9-25(19(2)17-32-20(3)26-10-7-8-11-28(26)30)22-16-27(21(4)33-18-22)29(35)34-24-14-12-23(31)13-15-24/h5-18H,1-4H3,(H,34,35)/b6-5-,19-17+,25-9+,32-20?. The highest BCUT2D eigenvalue weighted by atomic mass is 35.5. The summed E-state index contributed by atoms with van der Waals surface area (Å²) in [4.78, 5) is 22.0. The minimum Gasteiger partial charge on any atom is -0.322 e. The number of allylic oxidation sites excluding steroid dienone is 5. The second-order valence-corrected chi connectivity index (χ2v) is 8.34. The quantitative estimate of drug-likeness (QED) is 0.273. The van der Waals surface area contributed by atoms with Gasteiger partial charge in [0.1, 0.15) is 5.82 Å². The summed E-state index contributed by atoms with van der Waals surface area (Å²) in [5, 5.41) is 3.44. The number of carbonyl (C=O) groups is 1. The monoisotopic (exact) mass is 487 g/mol. The minimum atomic E-state index is -0.365. The first kappa shape index (κ1) is 25.8. The fourth-order valence-electron chi connectivity index (χ4n) is 3.38. The Morgan fingerprint density at radius 1 is 1.09 bits per heavy atom. The van der Waals surface area contributed by atoms with E-state index < -0.39 is 0 Å². The number of carbonyl (C=O) groups excluding carboxylic acids is 1.